The van der Waals surface area contributed by atoms with E-state index in [1.54, 1.807) is 0 Å². The second-order valence-electron chi connectivity index (χ2n) is 2.35. The van der Waals surface area contributed by atoms with E-state index in [9.17, 15) is 8.78 Å². The summed E-state index contributed by atoms with van der Waals surface area (Å²) in [7, 11) is 0. The van der Waals surface area contributed by atoms with Gasteiger partial charge in [0, 0.05) is 5.56 Å². The molecule has 0 fully saturated rings. The minimum absolute atomic E-state index is 0.0402. The molecule has 0 saturated carbocycles. The Morgan fingerprint density at radius 2 is 1.93 bits per heavy atom. The zero-order chi connectivity index (χ0) is 10.7. The van der Waals surface area contributed by atoms with Gasteiger partial charge in [-0.1, -0.05) is 23.2 Å². The molecule has 0 N–H and O–H groups in total. The second kappa shape index (κ2) is 5.01. The van der Waals surface area contributed by atoms with Crippen molar-refractivity contribution in [1.29, 1.82) is 0 Å². The van der Waals surface area contributed by atoms with Crippen LogP contribution < -0.4 is 4.74 Å². The second-order valence-corrected chi connectivity index (χ2v) is 3.40. The predicted molar refractivity (Wildman–Crippen MR) is 52.7 cm³/mol. The molecule has 0 unspecified atom stereocenters. The average Bonchev–Trinajstić information content (AvgIpc) is 2.11. The monoisotopic (exact) mass is 260 g/mol. The highest BCUT2D eigenvalue weighted by atomic mass is 35.5. The third-order valence-electron chi connectivity index (χ3n) is 1.50. The highest BCUT2D eigenvalue weighted by Gasteiger charge is 2.14. The van der Waals surface area contributed by atoms with Crippen molar-refractivity contribution in [1.82, 2.24) is 0 Å². The highest BCUT2D eigenvalue weighted by molar-refractivity contribution is 6.43. The summed E-state index contributed by atoms with van der Waals surface area (Å²) >= 11 is 16.9. The maximum absolute atomic E-state index is 11.9. The van der Waals surface area contributed by atoms with Crippen molar-refractivity contribution in [2.45, 2.75) is 12.5 Å². The molecule has 0 radical (unpaired) electrons. The summed E-state index contributed by atoms with van der Waals surface area (Å²) in [6.07, 6.45) is 0. The van der Waals surface area contributed by atoms with Crippen LogP contribution >= 0.6 is 34.8 Å². The fourth-order valence-corrected chi connectivity index (χ4v) is 1.64. The van der Waals surface area contributed by atoms with Gasteiger partial charge in [-0.15, -0.1) is 11.6 Å². The van der Waals surface area contributed by atoms with Gasteiger partial charge in [-0.05, 0) is 12.1 Å². The summed E-state index contributed by atoms with van der Waals surface area (Å²) in [5.74, 6) is -0.0917. The van der Waals surface area contributed by atoms with Crippen molar-refractivity contribution in [3.8, 4) is 5.75 Å². The van der Waals surface area contributed by atoms with Crippen LogP contribution in [0.15, 0.2) is 12.1 Å². The van der Waals surface area contributed by atoms with Crippen molar-refractivity contribution < 1.29 is 13.5 Å². The number of hydrogen-bond acceptors (Lipinski definition) is 1. The van der Waals surface area contributed by atoms with Gasteiger partial charge < -0.3 is 4.74 Å². The van der Waals surface area contributed by atoms with Gasteiger partial charge in [-0.25, -0.2) is 0 Å². The molecule has 0 heterocycles. The Kier molecular flexibility index (Phi) is 4.23. The lowest BCUT2D eigenvalue weighted by Gasteiger charge is -2.10. The number of ether oxygens (including phenoxy) is 1. The maximum atomic E-state index is 11.9. The summed E-state index contributed by atoms with van der Waals surface area (Å²) < 4.78 is 28.1. The molecular formula is C8H5Cl3F2O. The molecule has 0 aliphatic carbocycles. The molecular weight excluding hydrogens is 256 g/mol. The number of alkyl halides is 3. The van der Waals surface area contributed by atoms with E-state index in [-0.39, 0.29) is 27.2 Å². The van der Waals surface area contributed by atoms with E-state index in [2.05, 4.69) is 4.74 Å². The Labute approximate surface area is 94.5 Å². The minimum atomic E-state index is -2.91. The van der Waals surface area contributed by atoms with Gasteiger partial charge in [-0.3, -0.25) is 0 Å². The Bertz CT molecular complexity index is 331. The number of halogens is 5. The fourth-order valence-electron chi connectivity index (χ4n) is 0.906. The summed E-state index contributed by atoms with van der Waals surface area (Å²) in [5, 5.41) is 0.392. The summed E-state index contributed by atoms with van der Waals surface area (Å²) in [6, 6.07) is 2.68. The molecule has 1 aromatic carbocycles. The van der Waals surface area contributed by atoms with Crippen LogP contribution in [0.5, 0.6) is 5.75 Å². The quantitative estimate of drug-likeness (QED) is 0.736. The molecule has 1 aromatic rings. The zero-order valence-corrected chi connectivity index (χ0v) is 9.01. The lowest BCUT2D eigenvalue weighted by molar-refractivity contribution is -0.0503. The van der Waals surface area contributed by atoms with Crippen LogP contribution in [-0.2, 0) is 5.88 Å². The maximum Gasteiger partial charge on any atom is 0.387 e. The topological polar surface area (TPSA) is 9.23 Å². The summed E-state index contributed by atoms with van der Waals surface area (Å²) in [6.45, 7) is -2.91. The molecule has 0 aliphatic heterocycles. The van der Waals surface area contributed by atoms with Gasteiger partial charge in [0.1, 0.15) is 5.75 Å². The van der Waals surface area contributed by atoms with Crippen LogP contribution in [0.1, 0.15) is 5.56 Å². The van der Waals surface area contributed by atoms with Crippen LogP contribution in [0.4, 0.5) is 8.78 Å². The Morgan fingerprint density at radius 3 is 2.43 bits per heavy atom. The van der Waals surface area contributed by atoms with E-state index >= 15 is 0 Å². The molecule has 0 amide bonds. The highest BCUT2D eigenvalue weighted by Crippen LogP contribution is 2.34. The largest absolute Gasteiger partial charge is 0.434 e. The molecule has 1 rings (SSSR count). The van der Waals surface area contributed by atoms with Gasteiger partial charge in [0.05, 0.1) is 15.9 Å². The molecule has 1 nitrogen and oxygen atoms in total. The van der Waals surface area contributed by atoms with Crippen LogP contribution in [0.2, 0.25) is 10.0 Å². The normalized spacial score (nSPS) is 10.7. The molecule has 0 spiro atoms. The molecule has 0 aliphatic rings. The number of rotatable bonds is 3. The summed E-state index contributed by atoms with van der Waals surface area (Å²) in [4.78, 5) is 0. The van der Waals surface area contributed by atoms with E-state index in [1.165, 1.54) is 12.1 Å². The van der Waals surface area contributed by atoms with Crippen molar-refractivity contribution in [2.75, 3.05) is 0 Å². The minimum Gasteiger partial charge on any atom is -0.434 e. The van der Waals surface area contributed by atoms with Gasteiger partial charge >= 0.3 is 6.61 Å². The van der Waals surface area contributed by atoms with E-state index in [0.717, 1.165) is 0 Å². The Hall–Kier alpha value is -0.250. The molecule has 78 valence electrons. The van der Waals surface area contributed by atoms with Gasteiger partial charge in [0.2, 0.25) is 0 Å². The smallest absolute Gasteiger partial charge is 0.387 e. The van der Waals surface area contributed by atoms with Gasteiger partial charge in [0.25, 0.3) is 0 Å². The van der Waals surface area contributed by atoms with E-state index < -0.39 is 6.61 Å². The first kappa shape index (κ1) is 11.8. The van der Waals surface area contributed by atoms with Crippen LogP contribution in [-0.4, -0.2) is 6.61 Å². The lowest BCUT2D eigenvalue weighted by atomic mass is 10.2. The average molecular weight is 261 g/mol. The first-order chi connectivity index (χ1) is 6.56. The molecule has 14 heavy (non-hydrogen) atoms. The zero-order valence-electron chi connectivity index (χ0n) is 6.74. The van der Waals surface area contributed by atoms with Gasteiger partial charge in [0.15, 0.2) is 0 Å². The van der Waals surface area contributed by atoms with Gasteiger partial charge in [-0.2, -0.15) is 8.78 Å². The van der Waals surface area contributed by atoms with Crippen LogP contribution in [0.25, 0.3) is 0 Å². The van der Waals surface area contributed by atoms with Crippen LogP contribution in [0, 0.1) is 0 Å². The molecule has 0 bridgehead atoms. The fraction of sp³-hybridized carbons (Fsp3) is 0.250. The van der Waals surface area contributed by atoms with Crippen molar-refractivity contribution in [2.24, 2.45) is 0 Å². The van der Waals surface area contributed by atoms with Crippen molar-refractivity contribution in [3.63, 3.8) is 0 Å². The van der Waals surface area contributed by atoms with Crippen molar-refractivity contribution in [3.05, 3.63) is 27.7 Å². The Balaban J connectivity index is 3.10. The van der Waals surface area contributed by atoms with E-state index in [4.69, 9.17) is 34.8 Å². The summed E-state index contributed by atoms with van der Waals surface area (Å²) in [5.41, 5.74) is 0.265. The molecule has 0 saturated heterocycles. The third kappa shape index (κ3) is 2.62. The van der Waals surface area contributed by atoms with E-state index in [1.807, 2.05) is 0 Å². The predicted octanol–water partition coefficient (Wildman–Crippen LogP) is 4.33. The SMILES string of the molecule is FC(F)Oc1ccc(Cl)c(Cl)c1CCl. The molecule has 0 aromatic heterocycles. The first-order valence-corrected chi connectivity index (χ1v) is 4.83. The van der Waals surface area contributed by atoms with Crippen LogP contribution in [0.3, 0.4) is 0 Å². The van der Waals surface area contributed by atoms with E-state index in [0.29, 0.717) is 0 Å². The molecule has 6 heteroatoms. The Morgan fingerprint density at radius 1 is 1.29 bits per heavy atom. The first-order valence-electron chi connectivity index (χ1n) is 3.54. The lowest BCUT2D eigenvalue weighted by Crippen LogP contribution is -2.04. The standard InChI is InChI=1S/C8H5Cl3F2O/c9-3-4-6(14-8(12)13)2-1-5(10)7(4)11/h1-2,8H,3H2. The molecule has 0 atom stereocenters. The van der Waals surface area contributed by atoms with Crippen molar-refractivity contribution >= 4 is 34.8 Å². The number of hydrogen-bond donors (Lipinski definition) is 0. The third-order valence-corrected chi connectivity index (χ3v) is 2.61. The number of benzene rings is 1.